The average molecular weight is 562 g/mol. The highest BCUT2D eigenvalue weighted by Crippen LogP contribution is 2.43. The number of methoxy groups -OCH3 is 1. The van der Waals surface area contributed by atoms with Crippen molar-refractivity contribution in [3.8, 4) is 5.75 Å². The normalized spacial score (nSPS) is 24.1. The Balaban J connectivity index is 0.00000336. The zero-order valence-corrected chi connectivity index (χ0v) is 24.1. The monoisotopic (exact) mass is 561 g/mol. The summed E-state index contributed by atoms with van der Waals surface area (Å²) in [5, 5.41) is 0. The van der Waals surface area contributed by atoms with Crippen LogP contribution in [0, 0.1) is 11.3 Å². The first-order valence-corrected chi connectivity index (χ1v) is 15.1. The highest BCUT2D eigenvalue weighted by Gasteiger charge is 2.48. The number of carbonyl (C=O) groups excluding carboxylic acids is 1. The number of sulfonamides is 1. The number of rotatable bonds is 8. The predicted octanol–water partition coefficient (Wildman–Crippen LogP) is 4.00. The summed E-state index contributed by atoms with van der Waals surface area (Å²) in [7, 11) is -1.56. The summed E-state index contributed by atoms with van der Waals surface area (Å²) >= 11 is 0. The van der Waals surface area contributed by atoms with Crippen molar-refractivity contribution in [3.63, 3.8) is 0 Å². The van der Waals surface area contributed by atoms with E-state index in [9.17, 15) is 13.2 Å². The first-order chi connectivity index (χ1) is 17.8. The van der Waals surface area contributed by atoms with Crippen LogP contribution in [0.25, 0.3) is 0 Å². The van der Waals surface area contributed by atoms with E-state index in [1.807, 2.05) is 47.4 Å². The Kier molecular flexibility index (Phi) is 9.07. The zero-order chi connectivity index (χ0) is 26.0. The molecule has 2 aromatic rings. The Bertz CT molecular complexity index is 1180. The van der Waals surface area contributed by atoms with Crippen LogP contribution in [0.5, 0.6) is 5.75 Å². The number of ether oxygens (including phenoxy) is 1. The molecular weight excluding hydrogens is 522 g/mol. The molecule has 3 aliphatic heterocycles. The second-order valence-corrected chi connectivity index (χ2v) is 13.2. The molecular formula is C29H40ClN3O4S. The van der Waals surface area contributed by atoms with Crippen molar-refractivity contribution >= 4 is 28.3 Å². The molecule has 2 unspecified atom stereocenters. The van der Waals surface area contributed by atoms with Gasteiger partial charge in [0.2, 0.25) is 15.9 Å². The largest absolute Gasteiger partial charge is 0.497 e. The van der Waals surface area contributed by atoms with Crippen LogP contribution in [-0.4, -0.2) is 80.6 Å². The van der Waals surface area contributed by atoms with Crippen molar-refractivity contribution in [1.29, 1.82) is 0 Å². The number of nitrogens with zero attached hydrogens (tertiary/aromatic N) is 3. The van der Waals surface area contributed by atoms with E-state index in [1.165, 1.54) is 5.56 Å². The Morgan fingerprint density at radius 2 is 1.61 bits per heavy atom. The third-order valence-corrected chi connectivity index (χ3v) is 10.6. The third-order valence-electron chi connectivity index (χ3n) is 8.83. The first kappa shape index (κ1) is 28.9. The van der Waals surface area contributed by atoms with Crippen LogP contribution < -0.4 is 4.74 Å². The van der Waals surface area contributed by atoms with Gasteiger partial charge in [-0.1, -0.05) is 42.5 Å². The SMILES string of the molecule is CCS(=O)(=O)N1CC(CN2CCC3(CC2)CCN(Cc2ccc(OC)cc2)C3=O)C(c2ccccc2)C1.Cl. The Labute approximate surface area is 233 Å². The lowest BCUT2D eigenvalue weighted by Gasteiger charge is -2.39. The third kappa shape index (κ3) is 5.88. The smallest absolute Gasteiger partial charge is 0.229 e. The van der Waals surface area contributed by atoms with E-state index in [0.29, 0.717) is 25.5 Å². The lowest BCUT2D eigenvalue weighted by Crippen LogP contribution is -2.46. The number of hydrogen-bond donors (Lipinski definition) is 0. The van der Waals surface area contributed by atoms with Gasteiger partial charge in [-0.15, -0.1) is 12.4 Å². The highest BCUT2D eigenvalue weighted by atomic mass is 35.5. The molecule has 1 spiro atoms. The van der Waals surface area contributed by atoms with Gasteiger partial charge >= 0.3 is 0 Å². The molecule has 208 valence electrons. The molecule has 0 aromatic heterocycles. The summed E-state index contributed by atoms with van der Waals surface area (Å²) < 4.78 is 32.3. The van der Waals surface area contributed by atoms with Crippen LogP contribution in [0.15, 0.2) is 54.6 Å². The summed E-state index contributed by atoms with van der Waals surface area (Å²) in [6.45, 7) is 6.97. The molecule has 9 heteroatoms. The summed E-state index contributed by atoms with van der Waals surface area (Å²) in [4.78, 5) is 18.0. The molecule has 0 aliphatic carbocycles. The van der Waals surface area contributed by atoms with E-state index >= 15 is 0 Å². The number of amides is 1. The topological polar surface area (TPSA) is 70.2 Å². The quantitative estimate of drug-likeness (QED) is 0.487. The number of carbonyl (C=O) groups is 1. The number of halogens is 1. The van der Waals surface area contributed by atoms with Crippen LogP contribution in [0.2, 0.25) is 0 Å². The van der Waals surface area contributed by atoms with E-state index in [4.69, 9.17) is 4.74 Å². The molecule has 3 aliphatic rings. The summed E-state index contributed by atoms with van der Waals surface area (Å²) in [6, 6.07) is 18.3. The lowest BCUT2D eigenvalue weighted by atomic mass is 9.76. The molecule has 7 nitrogen and oxygen atoms in total. The van der Waals surface area contributed by atoms with E-state index in [1.54, 1.807) is 18.3 Å². The second kappa shape index (κ2) is 11.9. The molecule has 3 saturated heterocycles. The molecule has 2 atom stereocenters. The maximum Gasteiger partial charge on any atom is 0.229 e. The Morgan fingerprint density at radius 1 is 0.947 bits per heavy atom. The van der Waals surface area contributed by atoms with E-state index in [2.05, 4.69) is 17.0 Å². The molecule has 3 heterocycles. The predicted molar refractivity (Wildman–Crippen MR) is 152 cm³/mol. The van der Waals surface area contributed by atoms with Gasteiger partial charge in [0.15, 0.2) is 0 Å². The standard InChI is InChI=1S/C29H39N3O4S.ClH/c1-3-37(34,35)32-21-25(27(22-32)24-7-5-4-6-8-24)20-30-16-13-29(14-17-30)15-18-31(28(29)33)19-23-9-11-26(36-2)12-10-23;/h4-12,25,27H,3,13-22H2,1-2H3;1H. The molecule has 5 rings (SSSR count). The molecule has 38 heavy (non-hydrogen) atoms. The second-order valence-electron chi connectivity index (χ2n) is 10.9. The van der Waals surface area contributed by atoms with E-state index in [0.717, 1.165) is 56.8 Å². The fraction of sp³-hybridized carbons (Fsp3) is 0.552. The number of hydrogen-bond acceptors (Lipinski definition) is 5. The average Bonchev–Trinajstić information content (AvgIpc) is 3.49. The molecule has 0 radical (unpaired) electrons. The van der Waals surface area contributed by atoms with Crippen molar-refractivity contribution in [1.82, 2.24) is 14.1 Å². The maximum atomic E-state index is 13.5. The molecule has 1 amide bonds. The maximum absolute atomic E-state index is 13.5. The van der Waals surface area contributed by atoms with Gasteiger partial charge in [0, 0.05) is 38.6 Å². The minimum absolute atomic E-state index is 0. The van der Waals surface area contributed by atoms with Crippen LogP contribution in [-0.2, 0) is 21.4 Å². The van der Waals surface area contributed by atoms with Gasteiger partial charge in [-0.2, -0.15) is 0 Å². The van der Waals surface area contributed by atoms with Crippen LogP contribution in [0.4, 0.5) is 0 Å². The van der Waals surface area contributed by atoms with Crippen molar-refractivity contribution in [3.05, 3.63) is 65.7 Å². The van der Waals surface area contributed by atoms with Crippen LogP contribution in [0.3, 0.4) is 0 Å². The van der Waals surface area contributed by atoms with Gasteiger partial charge in [0.05, 0.1) is 18.3 Å². The van der Waals surface area contributed by atoms with Crippen molar-refractivity contribution < 1.29 is 17.9 Å². The number of benzene rings is 2. The lowest BCUT2D eigenvalue weighted by molar-refractivity contribution is -0.139. The van der Waals surface area contributed by atoms with Gasteiger partial charge in [-0.3, -0.25) is 4.79 Å². The minimum Gasteiger partial charge on any atom is -0.497 e. The molecule has 0 N–H and O–H groups in total. The van der Waals surface area contributed by atoms with E-state index < -0.39 is 10.0 Å². The number of likely N-dealkylation sites (tertiary alicyclic amines) is 2. The van der Waals surface area contributed by atoms with Crippen LogP contribution in [0.1, 0.15) is 43.2 Å². The zero-order valence-electron chi connectivity index (χ0n) is 22.4. The van der Waals surface area contributed by atoms with Gasteiger partial charge in [-0.05, 0) is 68.5 Å². The van der Waals surface area contributed by atoms with E-state index in [-0.39, 0.29) is 35.4 Å². The van der Waals surface area contributed by atoms with Gasteiger partial charge < -0.3 is 14.5 Å². The highest BCUT2D eigenvalue weighted by molar-refractivity contribution is 7.89. The molecule has 0 bridgehead atoms. The fourth-order valence-corrected chi connectivity index (χ4v) is 7.63. The molecule has 2 aromatic carbocycles. The Morgan fingerprint density at radius 3 is 2.24 bits per heavy atom. The van der Waals surface area contributed by atoms with Gasteiger partial charge in [0.1, 0.15) is 5.75 Å². The van der Waals surface area contributed by atoms with Gasteiger partial charge in [0.25, 0.3) is 0 Å². The summed E-state index contributed by atoms with van der Waals surface area (Å²) in [6.07, 6.45) is 2.68. The summed E-state index contributed by atoms with van der Waals surface area (Å²) in [5.41, 5.74) is 2.10. The summed E-state index contributed by atoms with van der Waals surface area (Å²) in [5.74, 6) is 1.72. The number of piperidine rings is 1. The van der Waals surface area contributed by atoms with Crippen molar-refractivity contribution in [2.45, 2.75) is 38.6 Å². The van der Waals surface area contributed by atoms with Crippen molar-refractivity contribution in [2.75, 3.05) is 52.1 Å². The van der Waals surface area contributed by atoms with Gasteiger partial charge in [-0.25, -0.2) is 12.7 Å². The first-order valence-electron chi connectivity index (χ1n) is 13.5. The molecule has 0 saturated carbocycles. The Hall–Kier alpha value is -2.13. The fourth-order valence-electron chi connectivity index (χ4n) is 6.46. The minimum atomic E-state index is -3.22. The molecule has 3 fully saturated rings. The van der Waals surface area contributed by atoms with Crippen molar-refractivity contribution in [2.24, 2.45) is 11.3 Å². The van der Waals surface area contributed by atoms with Crippen LogP contribution >= 0.6 is 12.4 Å².